The smallest absolute Gasteiger partial charge is 0.213 e. The Morgan fingerprint density at radius 2 is 2.43 bits per heavy atom. The van der Waals surface area contributed by atoms with Crippen LogP contribution in [0.5, 0.6) is 0 Å². The molecule has 2 atom stereocenters. The molecule has 7 heavy (non-hydrogen) atoms. The fourth-order valence-corrected chi connectivity index (χ4v) is 0.202. The van der Waals surface area contributed by atoms with Gasteiger partial charge in [-0.2, -0.15) is 0 Å². The summed E-state index contributed by atoms with van der Waals surface area (Å²) in [6.45, 7) is 3.77. The summed E-state index contributed by atoms with van der Waals surface area (Å²) in [5.74, 6) is 0.0625. The van der Waals surface area contributed by atoms with E-state index in [1.165, 1.54) is 0 Å². The molecule has 0 aliphatic rings. The van der Waals surface area contributed by atoms with Crippen LogP contribution in [0.25, 0.3) is 0 Å². The molecule has 0 saturated carbocycles. The van der Waals surface area contributed by atoms with E-state index in [9.17, 15) is 0 Å². The second kappa shape index (κ2) is 2.99. The van der Waals surface area contributed by atoms with Gasteiger partial charge in [0.2, 0.25) is 1.43 Å². The Bertz CT molecular complexity index is 50.4. The van der Waals surface area contributed by atoms with Crippen molar-refractivity contribution in [3.8, 4) is 0 Å². The zero-order chi connectivity index (χ0) is 6.57. The Kier molecular flexibility index (Phi) is 2.17. The van der Waals surface area contributed by atoms with Crippen molar-refractivity contribution < 1.29 is 10.2 Å². The maximum atomic E-state index is 8.72. The maximum absolute atomic E-state index is 8.72. The van der Waals surface area contributed by atoms with Gasteiger partial charge in [0.15, 0.2) is 6.29 Å². The quantitative estimate of drug-likeness (QED) is 0.508. The molecule has 0 heterocycles. The van der Waals surface area contributed by atoms with E-state index in [0.717, 1.165) is 6.42 Å². The van der Waals surface area contributed by atoms with Crippen LogP contribution in [-0.4, -0.2) is 17.9 Å². The second-order valence-electron chi connectivity index (χ2n) is 1.78. The van der Waals surface area contributed by atoms with Crippen LogP contribution in [-0.2, 0) is 0 Å². The number of hydrogen-bond acceptors (Lipinski definition) is 2. The van der Waals surface area contributed by atoms with Crippen molar-refractivity contribution in [1.82, 2.24) is 0 Å². The molecular weight excluding hydrogens is 92.1 g/mol. The highest BCUT2D eigenvalue weighted by Gasteiger charge is 2.05. The first-order valence-corrected chi connectivity index (χ1v) is 2.52. The Hall–Kier alpha value is -0.0800. The summed E-state index contributed by atoms with van der Waals surface area (Å²) in [6, 6.07) is 0. The van der Waals surface area contributed by atoms with Gasteiger partial charge in [0, 0.05) is 5.92 Å². The first-order valence-electron chi connectivity index (χ1n) is 2.93. The minimum atomic E-state index is -0.917. The fraction of sp³-hybridized carbons (Fsp3) is 1.00. The molecule has 2 heteroatoms. The van der Waals surface area contributed by atoms with Crippen LogP contribution in [0.4, 0.5) is 0 Å². The molecule has 2 N–H and O–H groups in total. The monoisotopic (exact) mass is 105 g/mol. The molecular formula is C5H12O2. The summed E-state index contributed by atoms with van der Waals surface area (Å²) in [5, 5.41) is 12.6. The lowest BCUT2D eigenvalue weighted by Gasteiger charge is -2.08. The van der Waals surface area contributed by atoms with Crippen molar-refractivity contribution in [1.29, 1.82) is 1.43 Å². The molecule has 0 aromatic carbocycles. The van der Waals surface area contributed by atoms with Gasteiger partial charge in [-0.1, -0.05) is 13.8 Å². The minimum absolute atomic E-state index is 0.0625. The molecule has 0 aliphatic heterocycles. The van der Waals surface area contributed by atoms with Gasteiger partial charge in [-0.25, -0.2) is 0 Å². The average molecular weight is 105 g/mol. The molecule has 0 rings (SSSR count). The van der Waals surface area contributed by atoms with Crippen LogP contribution < -0.4 is 0 Å². The predicted octanol–water partition coefficient (Wildman–Crippen LogP) is 0.343. The lowest BCUT2D eigenvalue weighted by Crippen LogP contribution is -2.14. The molecule has 0 aromatic heterocycles. The van der Waals surface area contributed by atoms with E-state index in [1.54, 1.807) is 0 Å². The molecule has 0 saturated heterocycles. The number of aliphatic hydroxyl groups is 2. The lowest BCUT2D eigenvalue weighted by atomic mass is 10.1. The summed E-state index contributed by atoms with van der Waals surface area (Å²) in [4.78, 5) is 0. The van der Waals surface area contributed by atoms with E-state index in [-0.39, 0.29) is 5.92 Å². The van der Waals surface area contributed by atoms with Crippen LogP contribution in [0.1, 0.15) is 20.3 Å². The molecule has 0 amide bonds. The van der Waals surface area contributed by atoms with Crippen molar-refractivity contribution in [3.63, 3.8) is 0 Å². The van der Waals surface area contributed by atoms with E-state index in [1.807, 2.05) is 13.8 Å². The lowest BCUT2D eigenvalue weighted by molar-refractivity contribution is -0.0790. The van der Waals surface area contributed by atoms with Crippen molar-refractivity contribution in [2.45, 2.75) is 26.6 Å². The molecule has 0 spiro atoms. The summed E-state index contributed by atoms with van der Waals surface area (Å²) in [6.07, 6.45) is -0.0833. The summed E-state index contributed by atoms with van der Waals surface area (Å²) in [5.41, 5.74) is 0. The third-order valence-electron chi connectivity index (χ3n) is 1.13. The second-order valence-corrected chi connectivity index (χ2v) is 1.78. The zero-order valence-corrected chi connectivity index (χ0v) is 4.72. The van der Waals surface area contributed by atoms with Gasteiger partial charge in [0.25, 0.3) is 0 Å². The molecule has 0 fully saturated rings. The predicted molar refractivity (Wildman–Crippen MR) is 27.7 cm³/mol. The van der Waals surface area contributed by atoms with Gasteiger partial charge in [0.05, 0.1) is 0 Å². The van der Waals surface area contributed by atoms with Crippen molar-refractivity contribution in [3.05, 3.63) is 0 Å². The molecule has 0 radical (unpaired) electrons. The molecule has 44 valence electrons. The van der Waals surface area contributed by atoms with Crippen LogP contribution >= 0.6 is 0 Å². The SMILES string of the molecule is [2H]OC(O)C(C)CC. The average Bonchev–Trinajstić information content (AvgIpc) is 1.84. The molecule has 0 aliphatic carbocycles. The largest absolute Gasteiger partial charge is 0.368 e. The van der Waals surface area contributed by atoms with Gasteiger partial charge in [0.1, 0.15) is 0 Å². The Labute approximate surface area is 45.3 Å². The van der Waals surface area contributed by atoms with Gasteiger partial charge in [-0.05, 0) is 6.42 Å². The zero-order valence-electron chi connectivity index (χ0n) is 5.72. The summed E-state index contributed by atoms with van der Waals surface area (Å²) < 4.78 is 6.29. The molecule has 2 unspecified atom stereocenters. The molecule has 2 nitrogen and oxygen atoms in total. The van der Waals surface area contributed by atoms with E-state index in [4.69, 9.17) is 6.54 Å². The maximum Gasteiger partial charge on any atom is 0.213 e. The topological polar surface area (TPSA) is 40.5 Å². The van der Waals surface area contributed by atoms with Gasteiger partial charge in [-0.3, -0.25) is 0 Å². The first-order chi connectivity index (χ1) is 3.72. The van der Waals surface area contributed by atoms with Crippen LogP contribution in [0.2, 0.25) is 0 Å². The van der Waals surface area contributed by atoms with Crippen LogP contribution in [0, 0.1) is 5.92 Å². The van der Waals surface area contributed by atoms with Crippen molar-refractivity contribution >= 4 is 0 Å². The number of hydrogen-bond donors (Lipinski definition) is 2. The highest BCUT2D eigenvalue weighted by atomic mass is 16.5. The highest BCUT2D eigenvalue weighted by molar-refractivity contribution is 4.47. The van der Waals surface area contributed by atoms with Crippen molar-refractivity contribution in [2.75, 3.05) is 0 Å². The third kappa shape index (κ3) is 2.60. The summed E-state index contributed by atoms with van der Waals surface area (Å²) in [7, 11) is 0. The van der Waals surface area contributed by atoms with Crippen LogP contribution in [0.15, 0.2) is 0 Å². The fourth-order valence-electron chi connectivity index (χ4n) is 0.202. The Balaban J connectivity index is 3.29. The minimum Gasteiger partial charge on any atom is -0.368 e. The van der Waals surface area contributed by atoms with Gasteiger partial charge in [-0.15, -0.1) is 0 Å². The Morgan fingerprint density at radius 1 is 1.86 bits per heavy atom. The normalized spacial score (nSPS) is 20.7. The molecule has 0 aromatic rings. The highest BCUT2D eigenvalue weighted by Crippen LogP contribution is 2.02. The number of rotatable bonds is 3. The van der Waals surface area contributed by atoms with Crippen molar-refractivity contribution in [2.24, 2.45) is 5.92 Å². The number of aliphatic hydroxyl groups excluding tert-OH is 1. The van der Waals surface area contributed by atoms with Gasteiger partial charge < -0.3 is 10.2 Å². The van der Waals surface area contributed by atoms with Crippen LogP contribution in [0.3, 0.4) is 0 Å². The standard InChI is InChI=1S/C5H12O2/c1-3-4(2)5(6)7/h4-7H,3H2,1-2H3/i6D. The molecule has 0 bridgehead atoms. The van der Waals surface area contributed by atoms with E-state index in [0.29, 0.717) is 0 Å². The first kappa shape index (κ1) is 5.06. The Morgan fingerprint density at radius 3 is 2.57 bits per heavy atom. The van der Waals surface area contributed by atoms with Gasteiger partial charge >= 0.3 is 0 Å². The van der Waals surface area contributed by atoms with E-state index in [2.05, 4.69) is 5.11 Å². The van der Waals surface area contributed by atoms with E-state index >= 15 is 0 Å². The third-order valence-corrected chi connectivity index (χ3v) is 1.13. The summed E-state index contributed by atoms with van der Waals surface area (Å²) >= 11 is 0. The van der Waals surface area contributed by atoms with E-state index < -0.39 is 6.29 Å².